The molecule has 8 heteroatoms. The molecule has 0 saturated carbocycles. The fourth-order valence-electron chi connectivity index (χ4n) is 2.37. The van der Waals surface area contributed by atoms with E-state index in [1.165, 1.54) is 12.1 Å². The SMILES string of the molecule is Cc1c(C(=O)NNc2cccc(C(F)(F)F)c2)oc2ccc(Br)cc12. The molecule has 3 aromatic rings. The van der Waals surface area contributed by atoms with Gasteiger partial charge in [-0.25, -0.2) is 0 Å². The van der Waals surface area contributed by atoms with Crippen LogP contribution in [0.5, 0.6) is 0 Å². The Morgan fingerprint density at radius 1 is 1.16 bits per heavy atom. The van der Waals surface area contributed by atoms with Gasteiger partial charge in [0.1, 0.15) is 5.58 Å². The van der Waals surface area contributed by atoms with Gasteiger partial charge in [0, 0.05) is 15.4 Å². The van der Waals surface area contributed by atoms with Gasteiger partial charge in [-0.15, -0.1) is 0 Å². The van der Waals surface area contributed by atoms with Crippen molar-refractivity contribution in [1.82, 2.24) is 5.43 Å². The molecule has 0 aliphatic heterocycles. The average Bonchev–Trinajstić information content (AvgIpc) is 2.89. The number of anilines is 1. The fourth-order valence-corrected chi connectivity index (χ4v) is 2.73. The first-order valence-corrected chi connectivity index (χ1v) is 7.97. The van der Waals surface area contributed by atoms with Crippen LogP contribution >= 0.6 is 15.9 Å². The van der Waals surface area contributed by atoms with Crippen molar-refractivity contribution in [2.24, 2.45) is 0 Å². The van der Waals surface area contributed by atoms with Gasteiger partial charge in [0.05, 0.1) is 11.3 Å². The Balaban J connectivity index is 1.78. The topological polar surface area (TPSA) is 54.3 Å². The van der Waals surface area contributed by atoms with Crippen molar-refractivity contribution in [3.05, 3.63) is 63.8 Å². The van der Waals surface area contributed by atoms with Crippen LogP contribution in [0.1, 0.15) is 21.7 Å². The van der Waals surface area contributed by atoms with Gasteiger partial charge in [-0.2, -0.15) is 13.2 Å². The maximum Gasteiger partial charge on any atom is 0.416 e. The molecule has 0 aliphatic rings. The van der Waals surface area contributed by atoms with E-state index in [4.69, 9.17) is 4.42 Å². The fraction of sp³-hybridized carbons (Fsp3) is 0.118. The van der Waals surface area contributed by atoms with E-state index >= 15 is 0 Å². The van der Waals surface area contributed by atoms with E-state index < -0.39 is 17.6 Å². The maximum absolute atomic E-state index is 12.7. The summed E-state index contributed by atoms with van der Waals surface area (Å²) in [5.74, 6) is -0.491. The summed E-state index contributed by atoms with van der Waals surface area (Å²) >= 11 is 3.35. The molecule has 0 unspecified atom stereocenters. The van der Waals surface area contributed by atoms with Crippen LogP contribution in [0.2, 0.25) is 0 Å². The number of carbonyl (C=O) groups excluding carboxylic acids is 1. The van der Waals surface area contributed by atoms with Crippen LogP contribution in [0.25, 0.3) is 11.0 Å². The summed E-state index contributed by atoms with van der Waals surface area (Å²) < 4.78 is 44.5. The molecular weight excluding hydrogens is 401 g/mol. The minimum atomic E-state index is -4.45. The van der Waals surface area contributed by atoms with Crippen LogP contribution in [0.15, 0.2) is 51.4 Å². The van der Waals surface area contributed by atoms with Crippen LogP contribution in [-0.4, -0.2) is 5.91 Å². The number of benzene rings is 2. The van der Waals surface area contributed by atoms with Crippen LogP contribution in [0, 0.1) is 6.92 Å². The Morgan fingerprint density at radius 3 is 2.64 bits per heavy atom. The zero-order valence-corrected chi connectivity index (χ0v) is 14.5. The molecule has 2 N–H and O–H groups in total. The summed E-state index contributed by atoms with van der Waals surface area (Å²) in [5.41, 5.74) is 5.30. The van der Waals surface area contributed by atoms with Crippen molar-refractivity contribution in [3.63, 3.8) is 0 Å². The lowest BCUT2D eigenvalue weighted by atomic mass is 10.1. The molecular formula is C17H12BrF3N2O2. The Kier molecular flexibility index (Phi) is 4.47. The van der Waals surface area contributed by atoms with E-state index in [1.807, 2.05) is 6.07 Å². The Labute approximate surface area is 149 Å². The first-order valence-electron chi connectivity index (χ1n) is 7.18. The monoisotopic (exact) mass is 412 g/mol. The summed E-state index contributed by atoms with van der Waals surface area (Å²) in [6.07, 6.45) is -4.45. The molecule has 0 radical (unpaired) electrons. The second-order valence-electron chi connectivity index (χ2n) is 5.35. The maximum atomic E-state index is 12.7. The number of halogens is 4. The van der Waals surface area contributed by atoms with E-state index in [-0.39, 0.29) is 11.4 Å². The molecule has 0 atom stereocenters. The molecule has 130 valence electrons. The largest absolute Gasteiger partial charge is 0.451 e. The van der Waals surface area contributed by atoms with E-state index in [0.29, 0.717) is 11.1 Å². The number of alkyl halides is 3. The standard InChI is InChI=1S/C17H12BrF3N2O2/c1-9-13-8-11(18)5-6-14(13)25-15(9)16(24)23-22-12-4-2-3-10(7-12)17(19,20)21/h2-8,22H,1H3,(H,23,24). The van der Waals surface area contributed by atoms with Gasteiger partial charge in [0.25, 0.3) is 0 Å². The summed E-state index contributed by atoms with van der Waals surface area (Å²) in [7, 11) is 0. The lowest BCUT2D eigenvalue weighted by molar-refractivity contribution is -0.137. The van der Waals surface area contributed by atoms with E-state index in [1.54, 1.807) is 19.1 Å². The van der Waals surface area contributed by atoms with Gasteiger partial charge in [-0.05, 0) is 43.3 Å². The molecule has 3 rings (SSSR count). The van der Waals surface area contributed by atoms with Gasteiger partial charge < -0.3 is 4.42 Å². The predicted octanol–water partition coefficient (Wildman–Crippen LogP) is 5.28. The highest BCUT2D eigenvalue weighted by Gasteiger charge is 2.30. The lowest BCUT2D eigenvalue weighted by Gasteiger charge is -2.11. The van der Waals surface area contributed by atoms with Crippen molar-refractivity contribution in [1.29, 1.82) is 0 Å². The number of nitrogens with one attached hydrogen (secondary N) is 2. The van der Waals surface area contributed by atoms with E-state index in [0.717, 1.165) is 22.0 Å². The van der Waals surface area contributed by atoms with Crippen molar-refractivity contribution < 1.29 is 22.4 Å². The summed E-state index contributed by atoms with van der Waals surface area (Å²) in [5, 5.41) is 0.776. The third-order valence-corrected chi connectivity index (χ3v) is 4.11. The number of rotatable bonds is 3. The van der Waals surface area contributed by atoms with Gasteiger partial charge in [0.15, 0.2) is 5.76 Å². The van der Waals surface area contributed by atoms with Crippen LogP contribution in [0.4, 0.5) is 18.9 Å². The zero-order chi connectivity index (χ0) is 18.2. The first-order chi connectivity index (χ1) is 11.8. The number of hydrazine groups is 1. The molecule has 0 saturated heterocycles. The van der Waals surface area contributed by atoms with Gasteiger partial charge in [-0.1, -0.05) is 22.0 Å². The molecule has 4 nitrogen and oxygen atoms in total. The molecule has 0 aliphatic carbocycles. The van der Waals surface area contributed by atoms with Crippen LogP contribution in [0.3, 0.4) is 0 Å². The highest BCUT2D eigenvalue weighted by atomic mass is 79.9. The normalized spacial score (nSPS) is 11.6. The molecule has 0 bridgehead atoms. The second kappa shape index (κ2) is 6.44. The minimum absolute atomic E-state index is 0.0903. The number of fused-ring (bicyclic) bond motifs is 1. The van der Waals surface area contributed by atoms with E-state index in [2.05, 4.69) is 26.8 Å². The number of carbonyl (C=O) groups is 1. The quantitative estimate of drug-likeness (QED) is 0.575. The van der Waals surface area contributed by atoms with Crippen molar-refractivity contribution in [2.75, 3.05) is 5.43 Å². The number of amides is 1. The molecule has 0 spiro atoms. The highest BCUT2D eigenvalue weighted by molar-refractivity contribution is 9.10. The summed E-state index contributed by atoms with van der Waals surface area (Å²) in [6.45, 7) is 1.73. The van der Waals surface area contributed by atoms with Crippen molar-refractivity contribution in [2.45, 2.75) is 13.1 Å². The van der Waals surface area contributed by atoms with Crippen LogP contribution in [-0.2, 0) is 6.18 Å². The smallest absolute Gasteiger partial charge is 0.416 e. The van der Waals surface area contributed by atoms with E-state index in [9.17, 15) is 18.0 Å². The number of furan rings is 1. The van der Waals surface area contributed by atoms with Gasteiger partial charge >= 0.3 is 12.1 Å². The third-order valence-electron chi connectivity index (χ3n) is 3.61. The minimum Gasteiger partial charge on any atom is -0.451 e. The predicted molar refractivity (Wildman–Crippen MR) is 91.2 cm³/mol. The summed E-state index contributed by atoms with van der Waals surface area (Å²) in [4.78, 5) is 12.3. The van der Waals surface area contributed by atoms with Gasteiger partial charge in [0.2, 0.25) is 0 Å². The van der Waals surface area contributed by atoms with Crippen molar-refractivity contribution >= 4 is 38.5 Å². The Morgan fingerprint density at radius 2 is 1.92 bits per heavy atom. The summed E-state index contributed by atoms with van der Waals surface area (Å²) in [6, 6.07) is 9.86. The second-order valence-corrected chi connectivity index (χ2v) is 6.27. The number of aryl methyl sites for hydroxylation is 1. The van der Waals surface area contributed by atoms with Crippen LogP contribution < -0.4 is 10.9 Å². The average molecular weight is 413 g/mol. The molecule has 0 fully saturated rings. The lowest BCUT2D eigenvalue weighted by Crippen LogP contribution is -2.29. The molecule has 1 aromatic heterocycles. The Bertz CT molecular complexity index is 951. The Hall–Kier alpha value is -2.48. The van der Waals surface area contributed by atoms with Gasteiger partial charge in [-0.3, -0.25) is 15.6 Å². The molecule has 1 amide bonds. The highest BCUT2D eigenvalue weighted by Crippen LogP contribution is 2.31. The molecule has 25 heavy (non-hydrogen) atoms. The first kappa shape index (κ1) is 17.3. The molecule has 2 aromatic carbocycles. The number of hydrogen-bond donors (Lipinski definition) is 2. The number of hydrogen-bond acceptors (Lipinski definition) is 3. The van der Waals surface area contributed by atoms with Crippen molar-refractivity contribution in [3.8, 4) is 0 Å². The zero-order valence-electron chi connectivity index (χ0n) is 12.9. The molecule has 1 heterocycles. The third kappa shape index (κ3) is 3.63.